The maximum atomic E-state index is 11.5. The van der Waals surface area contributed by atoms with Gasteiger partial charge < -0.3 is 4.42 Å². The number of hydrogen-bond donors (Lipinski definition) is 1. The molecular weight excluding hydrogens is 220 g/mol. The summed E-state index contributed by atoms with van der Waals surface area (Å²) in [5.74, 6) is 0.557. The minimum absolute atomic E-state index is 0.254. The molecule has 1 aromatic carbocycles. The molecule has 5 nitrogen and oxygen atoms in total. The van der Waals surface area contributed by atoms with Crippen LogP contribution in [0.1, 0.15) is 12.5 Å². The lowest BCUT2D eigenvalue weighted by molar-refractivity contribution is 0.0504. The number of nitrogens with zero attached hydrogens (tertiary/aromatic N) is 1. The van der Waals surface area contributed by atoms with Crippen LogP contribution in [-0.2, 0) is 4.84 Å². The Morgan fingerprint density at radius 3 is 2.94 bits per heavy atom. The van der Waals surface area contributed by atoms with Gasteiger partial charge in [0.15, 0.2) is 12.1 Å². The Hall–Kier alpha value is -2.14. The van der Waals surface area contributed by atoms with E-state index in [0.717, 1.165) is 5.39 Å². The van der Waals surface area contributed by atoms with E-state index < -0.39 is 5.63 Å². The highest BCUT2D eigenvalue weighted by Crippen LogP contribution is 2.18. The van der Waals surface area contributed by atoms with Gasteiger partial charge in [-0.3, -0.25) is 0 Å². The van der Waals surface area contributed by atoms with Crippen molar-refractivity contribution >= 4 is 16.8 Å². The molecule has 2 aromatic rings. The fourth-order valence-corrected chi connectivity index (χ4v) is 1.81. The molecule has 2 heterocycles. The molecule has 1 unspecified atom stereocenters. The van der Waals surface area contributed by atoms with Gasteiger partial charge in [0.1, 0.15) is 5.58 Å². The Morgan fingerprint density at radius 1 is 1.35 bits per heavy atom. The molecular formula is C12H10N2O3. The van der Waals surface area contributed by atoms with Crippen LogP contribution >= 0.6 is 0 Å². The number of hydrogen-bond acceptors (Lipinski definition) is 5. The van der Waals surface area contributed by atoms with E-state index in [1.807, 2.05) is 25.1 Å². The summed E-state index contributed by atoms with van der Waals surface area (Å²) in [6.45, 7) is 1.81. The average molecular weight is 230 g/mol. The summed E-state index contributed by atoms with van der Waals surface area (Å²) in [5.41, 5.74) is 3.55. The first-order chi connectivity index (χ1) is 8.24. The van der Waals surface area contributed by atoms with Crippen molar-refractivity contribution in [2.45, 2.75) is 13.2 Å². The largest absolute Gasteiger partial charge is 0.423 e. The van der Waals surface area contributed by atoms with Gasteiger partial charge in [0.05, 0.1) is 0 Å². The van der Waals surface area contributed by atoms with Crippen molar-refractivity contribution in [1.29, 1.82) is 0 Å². The molecule has 1 atom stereocenters. The third-order valence-corrected chi connectivity index (χ3v) is 2.54. The Morgan fingerprint density at radius 2 is 2.18 bits per heavy atom. The summed E-state index contributed by atoms with van der Waals surface area (Å²) >= 11 is 0. The first-order valence-electron chi connectivity index (χ1n) is 5.27. The second-order valence-corrected chi connectivity index (χ2v) is 3.77. The minimum atomic E-state index is -0.400. The number of fused-ring (bicyclic) bond motifs is 1. The number of hydroxylamine groups is 1. The lowest BCUT2D eigenvalue weighted by atomic mass is 10.1. The fourth-order valence-electron chi connectivity index (χ4n) is 1.81. The highest BCUT2D eigenvalue weighted by molar-refractivity contribution is 6.08. The number of aliphatic imine (C=N–C) groups is 1. The first kappa shape index (κ1) is 10.0. The summed E-state index contributed by atoms with van der Waals surface area (Å²) in [4.78, 5) is 20.8. The number of benzene rings is 1. The summed E-state index contributed by atoms with van der Waals surface area (Å²) in [7, 11) is 0. The molecule has 1 aliphatic heterocycles. The molecule has 86 valence electrons. The quantitative estimate of drug-likeness (QED) is 0.752. The predicted molar refractivity (Wildman–Crippen MR) is 62.7 cm³/mol. The van der Waals surface area contributed by atoms with Crippen LogP contribution in [0.4, 0.5) is 0 Å². The maximum absolute atomic E-state index is 11.5. The van der Waals surface area contributed by atoms with Crippen LogP contribution in [0, 0.1) is 0 Å². The molecule has 5 heteroatoms. The van der Waals surface area contributed by atoms with Gasteiger partial charge in [-0.25, -0.2) is 20.1 Å². The molecule has 0 saturated heterocycles. The fraction of sp³-hybridized carbons (Fsp3) is 0.167. The Labute approximate surface area is 96.7 Å². The Bertz CT molecular complexity index is 660. The van der Waals surface area contributed by atoms with Gasteiger partial charge in [0.2, 0.25) is 0 Å². The molecule has 0 fully saturated rings. The van der Waals surface area contributed by atoms with Gasteiger partial charge in [0.25, 0.3) is 0 Å². The minimum Gasteiger partial charge on any atom is -0.423 e. The van der Waals surface area contributed by atoms with E-state index in [-0.39, 0.29) is 6.23 Å². The van der Waals surface area contributed by atoms with Crippen LogP contribution in [0.5, 0.6) is 0 Å². The molecule has 1 N–H and O–H groups in total. The second-order valence-electron chi connectivity index (χ2n) is 3.77. The number of rotatable bonds is 1. The second kappa shape index (κ2) is 3.71. The lowest BCUT2D eigenvalue weighted by Gasteiger charge is -2.04. The summed E-state index contributed by atoms with van der Waals surface area (Å²) in [6.07, 6.45) is -0.254. The van der Waals surface area contributed by atoms with E-state index in [1.54, 1.807) is 6.07 Å². The van der Waals surface area contributed by atoms with E-state index in [1.165, 1.54) is 6.07 Å². The van der Waals surface area contributed by atoms with Crippen molar-refractivity contribution in [3.63, 3.8) is 0 Å². The van der Waals surface area contributed by atoms with Crippen molar-refractivity contribution in [3.8, 4) is 0 Å². The van der Waals surface area contributed by atoms with Crippen LogP contribution in [0.15, 0.2) is 44.5 Å². The maximum Gasteiger partial charge on any atom is 0.336 e. The van der Waals surface area contributed by atoms with E-state index in [9.17, 15) is 4.79 Å². The molecule has 1 aromatic heterocycles. The van der Waals surface area contributed by atoms with Crippen LogP contribution in [-0.4, -0.2) is 12.1 Å². The van der Waals surface area contributed by atoms with Crippen LogP contribution in [0.2, 0.25) is 0 Å². The Kier molecular flexibility index (Phi) is 2.19. The SMILES string of the molecule is CC1N=C(c2cc(=O)oc3ccccc23)NO1. The van der Waals surface area contributed by atoms with E-state index in [4.69, 9.17) is 9.25 Å². The molecule has 1 aliphatic rings. The molecule has 0 aliphatic carbocycles. The van der Waals surface area contributed by atoms with Crippen molar-refractivity contribution in [3.05, 3.63) is 46.3 Å². The number of amidine groups is 1. The third-order valence-electron chi connectivity index (χ3n) is 2.54. The molecule has 0 bridgehead atoms. The lowest BCUT2D eigenvalue weighted by Crippen LogP contribution is -2.20. The smallest absolute Gasteiger partial charge is 0.336 e. The van der Waals surface area contributed by atoms with Gasteiger partial charge in [-0.15, -0.1) is 0 Å². The van der Waals surface area contributed by atoms with Gasteiger partial charge in [-0.1, -0.05) is 18.2 Å². The third kappa shape index (κ3) is 1.70. The molecule has 0 saturated carbocycles. The number of para-hydroxylation sites is 1. The molecule has 0 spiro atoms. The molecule has 17 heavy (non-hydrogen) atoms. The predicted octanol–water partition coefficient (Wildman–Crippen LogP) is 1.42. The highest BCUT2D eigenvalue weighted by atomic mass is 16.7. The van der Waals surface area contributed by atoms with E-state index >= 15 is 0 Å². The van der Waals surface area contributed by atoms with Gasteiger partial charge >= 0.3 is 5.63 Å². The topological polar surface area (TPSA) is 63.8 Å². The highest BCUT2D eigenvalue weighted by Gasteiger charge is 2.18. The zero-order valence-corrected chi connectivity index (χ0v) is 9.14. The molecule has 0 amide bonds. The summed E-state index contributed by atoms with van der Waals surface area (Å²) in [6, 6.07) is 8.74. The normalized spacial score (nSPS) is 19.1. The number of nitrogens with one attached hydrogen (secondary N) is 1. The van der Waals surface area contributed by atoms with Crippen molar-refractivity contribution in [2.24, 2.45) is 4.99 Å². The van der Waals surface area contributed by atoms with Crippen molar-refractivity contribution in [2.75, 3.05) is 0 Å². The van der Waals surface area contributed by atoms with Crippen molar-refractivity contribution < 1.29 is 9.25 Å². The van der Waals surface area contributed by atoms with E-state index in [0.29, 0.717) is 17.0 Å². The van der Waals surface area contributed by atoms with Gasteiger partial charge in [-0.2, -0.15) is 0 Å². The zero-order valence-electron chi connectivity index (χ0n) is 9.14. The zero-order chi connectivity index (χ0) is 11.8. The average Bonchev–Trinajstić information content (AvgIpc) is 2.74. The van der Waals surface area contributed by atoms with Gasteiger partial charge in [0, 0.05) is 17.0 Å². The summed E-state index contributed by atoms with van der Waals surface area (Å²) < 4.78 is 5.11. The summed E-state index contributed by atoms with van der Waals surface area (Å²) in [5, 5.41) is 0.830. The monoisotopic (exact) mass is 230 g/mol. The van der Waals surface area contributed by atoms with Crippen LogP contribution in [0.3, 0.4) is 0 Å². The van der Waals surface area contributed by atoms with Gasteiger partial charge in [-0.05, 0) is 13.0 Å². The Balaban J connectivity index is 2.28. The van der Waals surface area contributed by atoms with E-state index in [2.05, 4.69) is 10.5 Å². The van der Waals surface area contributed by atoms with Crippen LogP contribution < -0.4 is 11.1 Å². The first-order valence-corrected chi connectivity index (χ1v) is 5.27. The molecule has 0 radical (unpaired) electrons. The standard InChI is InChI=1S/C12H10N2O3/c1-7-13-12(14-17-7)9-6-11(15)16-10-5-3-2-4-8(9)10/h2-7H,1H3,(H,13,14). The van der Waals surface area contributed by atoms with Crippen molar-refractivity contribution in [1.82, 2.24) is 5.48 Å². The van der Waals surface area contributed by atoms with Crippen LogP contribution in [0.25, 0.3) is 11.0 Å². The molecule has 3 rings (SSSR count).